The Hall–Kier alpha value is 0.160. The Kier molecular flexibility index (Phi) is 6.67. The van der Waals surface area contributed by atoms with Crippen LogP contribution in [-0.2, 0) is 10.0 Å². The zero-order valence-electron chi connectivity index (χ0n) is 7.66. The van der Waals surface area contributed by atoms with Gasteiger partial charge in [-0.25, -0.2) is 13.1 Å². The molecule has 1 atom stereocenters. The summed E-state index contributed by atoms with van der Waals surface area (Å²) in [6.45, 7) is 2.04. The van der Waals surface area contributed by atoms with Crippen molar-refractivity contribution in [3.8, 4) is 0 Å². The van der Waals surface area contributed by atoms with Gasteiger partial charge in [-0.05, 0) is 19.8 Å². The van der Waals surface area contributed by atoms with Gasteiger partial charge in [0.2, 0.25) is 10.0 Å². The number of hydrogen-bond donors (Lipinski definition) is 2. The molecule has 0 aromatic carbocycles. The molecule has 0 aliphatic carbocycles. The predicted molar refractivity (Wildman–Crippen MR) is 53.4 cm³/mol. The second-order valence-corrected chi connectivity index (χ2v) is 5.20. The van der Waals surface area contributed by atoms with Gasteiger partial charge >= 0.3 is 0 Å². The summed E-state index contributed by atoms with van der Waals surface area (Å²) in [5, 5.41) is 8.89. The molecule has 0 heterocycles. The van der Waals surface area contributed by atoms with Crippen molar-refractivity contribution in [3.63, 3.8) is 0 Å². The van der Waals surface area contributed by atoms with E-state index in [1.165, 1.54) is 0 Å². The Bertz CT molecular complexity index is 216. The van der Waals surface area contributed by atoms with Crippen molar-refractivity contribution in [2.24, 2.45) is 0 Å². The molecule has 0 radical (unpaired) electrons. The third-order valence-corrected chi connectivity index (χ3v) is 3.27. The van der Waals surface area contributed by atoms with Crippen LogP contribution < -0.4 is 4.72 Å². The fourth-order valence-electron chi connectivity index (χ4n) is 0.799. The van der Waals surface area contributed by atoms with Gasteiger partial charge in [0, 0.05) is 12.4 Å². The summed E-state index contributed by atoms with van der Waals surface area (Å²) in [6, 6.07) is 0. The Labute approximate surface area is 84.3 Å². The molecule has 0 rings (SSSR count). The topological polar surface area (TPSA) is 66.4 Å². The Morgan fingerprint density at radius 3 is 2.62 bits per heavy atom. The van der Waals surface area contributed by atoms with Gasteiger partial charge in [-0.15, -0.1) is 11.6 Å². The Balaban J connectivity index is 3.53. The number of halogens is 1. The van der Waals surface area contributed by atoms with Crippen LogP contribution in [0.5, 0.6) is 0 Å². The molecule has 0 aliphatic heterocycles. The first-order valence-corrected chi connectivity index (χ1v) is 6.38. The fraction of sp³-hybridized carbons (Fsp3) is 1.00. The van der Waals surface area contributed by atoms with Gasteiger partial charge in [-0.3, -0.25) is 0 Å². The van der Waals surface area contributed by atoms with Crippen molar-refractivity contribution in [3.05, 3.63) is 0 Å². The van der Waals surface area contributed by atoms with Crippen LogP contribution in [0.4, 0.5) is 0 Å². The number of aliphatic hydroxyl groups is 1. The van der Waals surface area contributed by atoms with E-state index < -0.39 is 10.0 Å². The smallest absolute Gasteiger partial charge is 0.212 e. The maximum absolute atomic E-state index is 11.0. The summed E-state index contributed by atoms with van der Waals surface area (Å²) < 4.78 is 24.4. The van der Waals surface area contributed by atoms with Gasteiger partial charge in [0.1, 0.15) is 0 Å². The molecule has 0 aromatic rings. The molecule has 6 heteroatoms. The second kappa shape index (κ2) is 6.59. The van der Waals surface area contributed by atoms with E-state index in [1.807, 2.05) is 0 Å². The van der Waals surface area contributed by atoms with Gasteiger partial charge in [0.25, 0.3) is 0 Å². The SMILES string of the molecule is CC(O)CCCNS(=O)(=O)CCCl. The molecule has 0 fully saturated rings. The number of alkyl halides is 1. The van der Waals surface area contributed by atoms with Crippen molar-refractivity contribution in [1.82, 2.24) is 4.72 Å². The van der Waals surface area contributed by atoms with E-state index in [2.05, 4.69) is 4.72 Å². The Morgan fingerprint density at radius 1 is 1.54 bits per heavy atom. The number of hydrogen-bond acceptors (Lipinski definition) is 3. The molecular formula is C7H16ClNO3S. The van der Waals surface area contributed by atoms with Crippen LogP contribution in [0.1, 0.15) is 19.8 Å². The minimum atomic E-state index is -3.19. The summed E-state index contributed by atoms with van der Waals surface area (Å²) in [5.41, 5.74) is 0. The molecule has 13 heavy (non-hydrogen) atoms. The van der Waals surface area contributed by atoms with Gasteiger partial charge in [0.05, 0.1) is 11.9 Å². The highest BCUT2D eigenvalue weighted by atomic mass is 35.5. The molecule has 0 saturated heterocycles. The largest absolute Gasteiger partial charge is 0.393 e. The zero-order chi connectivity index (χ0) is 10.3. The normalized spacial score (nSPS) is 14.4. The van der Waals surface area contributed by atoms with E-state index in [-0.39, 0.29) is 17.7 Å². The van der Waals surface area contributed by atoms with Crippen molar-refractivity contribution >= 4 is 21.6 Å². The van der Waals surface area contributed by atoms with Crippen LogP contribution in [-0.4, -0.2) is 37.8 Å². The lowest BCUT2D eigenvalue weighted by Crippen LogP contribution is -2.28. The highest BCUT2D eigenvalue weighted by molar-refractivity contribution is 7.89. The van der Waals surface area contributed by atoms with Crippen molar-refractivity contribution in [2.75, 3.05) is 18.2 Å². The average molecular weight is 230 g/mol. The third kappa shape index (κ3) is 8.49. The molecule has 0 aromatic heterocycles. The maximum atomic E-state index is 11.0. The predicted octanol–water partition coefficient (Wildman–Crippen LogP) is 0.306. The lowest BCUT2D eigenvalue weighted by atomic mass is 10.2. The summed E-state index contributed by atoms with van der Waals surface area (Å²) in [5.74, 6) is 0.0506. The highest BCUT2D eigenvalue weighted by Crippen LogP contribution is 1.95. The molecule has 0 bridgehead atoms. The summed E-state index contributed by atoms with van der Waals surface area (Å²) >= 11 is 5.29. The molecule has 1 unspecified atom stereocenters. The second-order valence-electron chi connectivity index (χ2n) is 2.89. The molecule has 0 spiro atoms. The molecule has 2 N–H and O–H groups in total. The molecule has 0 amide bonds. The minimum absolute atomic E-state index is 0.0523. The van der Waals surface area contributed by atoms with Gasteiger partial charge in [0.15, 0.2) is 0 Å². The van der Waals surface area contributed by atoms with E-state index in [0.29, 0.717) is 19.4 Å². The van der Waals surface area contributed by atoms with Crippen LogP contribution in [0.2, 0.25) is 0 Å². The standard InChI is InChI=1S/C7H16ClNO3S/c1-7(10)3-2-5-9-13(11,12)6-4-8/h7,9-10H,2-6H2,1H3. The number of rotatable bonds is 7. The highest BCUT2D eigenvalue weighted by Gasteiger charge is 2.07. The summed E-state index contributed by atoms with van der Waals surface area (Å²) in [4.78, 5) is 0. The van der Waals surface area contributed by atoms with Gasteiger partial charge < -0.3 is 5.11 Å². The van der Waals surface area contributed by atoms with E-state index in [9.17, 15) is 8.42 Å². The van der Waals surface area contributed by atoms with Crippen LogP contribution in [0, 0.1) is 0 Å². The maximum Gasteiger partial charge on any atom is 0.212 e. The molecule has 0 aliphatic rings. The number of sulfonamides is 1. The first-order chi connectivity index (χ1) is 5.98. The first-order valence-electron chi connectivity index (χ1n) is 4.19. The summed E-state index contributed by atoms with van der Waals surface area (Å²) in [7, 11) is -3.19. The lowest BCUT2D eigenvalue weighted by Gasteiger charge is -2.05. The number of nitrogens with one attached hydrogen (secondary N) is 1. The lowest BCUT2D eigenvalue weighted by molar-refractivity contribution is 0.182. The fourth-order valence-corrected chi connectivity index (χ4v) is 2.21. The van der Waals surface area contributed by atoms with Crippen molar-refractivity contribution in [1.29, 1.82) is 0 Å². The molecular weight excluding hydrogens is 214 g/mol. The molecule has 4 nitrogen and oxygen atoms in total. The van der Waals surface area contributed by atoms with Crippen LogP contribution in [0.15, 0.2) is 0 Å². The Morgan fingerprint density at radius 2 is 2.15 bits per heavy atom. The van der Waals surface area contributed by atoms with Crippen molar-refractivity contribution in [2.45, 2.75) is 25.9 Å². The van der Waals surface area contributed by atoms with E-state index >= 15 is 0 Å². The monoisotopic (exact) mass is 229 g/mol. The van der Waals surface area contributed by atoms with Crippen LogP contribution >= 0.6 is 11.6 Å². The minimum Gasteiger partial charge on any atom is -0.393 e. The van der Waals surface area contributed by atoms with Gasteiger partial charge in [-0.2, -0.15) is 0 Å². The quantitative estimate of drug-likeness (QED) is 0.488. The molecule has 0 saturated carbocycles. The first kappa shape index (κ1) is 13.2. The van der Waals surface area contributed by atoms with Crippen molar-refractivity contribution < 1.29 is 13.5 Å². The van der Waals surface area contributed by atoms with Crippen LogP contribution in [0.25, 0.3) is 0 Å². The van der Waals surface area contributed by atoms with E-state index in [0.717, 1.165) is 0 Å². The number of aliphatic hydroxyl groups excluding tert-OH is 1. The zero-order valence-corrected chi connectivity index (χ0v) is 9.24. The average Bonchev–Trinajstić information content (AvgIpc) is 1.98. The molecule has 80 valence electrons. The van der Waals surface area contributed by atoms with E-state index in [4.69, 9.17) is 16.7 Å². The van der Waals surface area contributed by atoms with Gasteiger partial charge in [-0.1, -0.05) is 0 Å². The third-order valence-electron chi connectivity index (χ3n) is 1.47. The van der Waals surface area contributed by atoms with E-state index in [1.54, 1.807) is 6.92 Å². The summed E-state index contributed by atoms with van der Waals surface area (Å²) in [6.07, 6.45) is 0.861. The van der Waals surface area contributed by atoms with Crippen LogP contribution in [0.3, 0.4) is 0 Å².